The molecule has 0 rings (SSSR count). The van der Waals surface area contributed by atoms with Crippen LogP contribution in [0.15, 0.2) is 0 Å². The molecule has 0 radical (unpaired) electrons. The Bertz CT molecular complexity index is 24.0. The van der Waals surface area contributed by atoms with Crippen LogP contribution in [-0.2, 0) is 26.0 Å². The Kier molecular flexibility index (Phi) is 16.9. The monoisotopic (exact) mass is 415 g/mol. The van der Waals surface area contributed by atoms with E-state index in [0.29, 0.717) is 0 Å². The van der Waals surface area contributed by atoms with Crippen molar-refractivity contribution in [2.45, 2.75) is 0 Å². The SMILES string of the molecule is [Cl][Rh]([Cl])[Cl].[Cl][Ru]([Cl])[Cl]. The number of hydrogen-bond donors (Lipinski definition) is 0. The van der Waals surface area contributed by atoms with E-state index < -0.39 is 26.0 Å². The first kappa shape index (κ1) is 13.6. The van der Waals surface area contributed by atoms with E-state index in [1.807, 2.05) is 0 Å². The molecule has 0 aliphatic rings. The van der Waals surface area contributed by atoms with Crippen molar-refractivity contribution in [2.75, 3.05) is 0 Å². The molecule has 0 aliphatic carbocycles. The van der Waals surface area contributed by atoms with Crippen LogP contribution < -0.4 is 0 Å². The summed E-state index contributed by atoms with van der Waals surface area (Å²) in [7, 11) is 29.7. The van der Waals surface area contributed by atoms with E-state index in [4.69, 9.17) is 58.1 Å². The van der Waals surface area contributed by atoms with Crippen molar-refractivity contribution in [3.63, 3.8) is 0 Å². The summed E-state index contributed by atoms with van der Waals surface area (Å²) in [4.78, 5) is 0. The van der Waals surface area contributed by atoms with Crippen molar-refractivity contribution in [1.82, 2.24) is 0 Å². The van der Waals surface area contributed by atoms with Crippen molar-refractivity contribution < 1.29 is 26.0 Å². The Balaban J connectivity index is 0. The van der Waals surface area contributed by atoms with E-state index in [0.717, 1.165) is 0 Å². The molecule has 8 heavy (non-hydrogen) atoms. The fourth-order valence-corrected chi connectivity index (χ4v) is 0. The maximum atomic E-state index is 4.95. The Labute approximate surface area is 82.8 Å². The molecular formula is Cl6RhRu. The summed E-state index contributed by atoms with van der Waals surface area (Å²) in [6.07, 6.45) is 0. The average Bonchev–Trinajstić information content (AvgIpc) is 1.25. The summed E-state index contributed by atoms with van der Waals surface area (Å²) in [5, 5.41) is 0. The second kappa shape index (κ2) is 9.99. The molecule has 0 aromatic carbocycles. The number of hydrogen-bond acceptors (Lipinski definition) is 0. The fourth-order valence-electron chi connectivity index (χ4n) is 0. The molecule has 0 heterocycles. The summed E-state index contributed by atoms with van der Waals surface area (Å²) in [6, 6.07) is 0. The minimum absolute atomic E-state index is 1.66. The molecule has 0 fully saturated rings. The number of rotatable bonds is 0. The van der Waals surface area contributed by atoms with E-state index in [9.17, 15) is 0 Å². The van der Waals surface area contributed by atoms with Gasteiger partial charge >= 0.3 is 84.1 Å². The Morgan fingerprint density at radius 1 is 0.875 bits per heavy atom. The Morgan fingerprint density at radius 3 is 0.875 bits per heavy atom. The molecule has 0 atom stereocenters. The van der Waals surface area contributed by atoms with Crippen LogP contribution in [0, 0.1) is 0 Å². The van der Waals surface area contributed by atoms with Gasteiger partial charge in [0.25, 0.3) is 0 Å². The first-order valence-electron chi connectivity index (χ1n) is 0.779. The molecule has 0 bridgehead atoms. The van der Waals surface area contributed by atoms with E-state index >= 15 is 0 Å². The van der Waals surface area contributed by atoms with Crippen molar-refractivity contribution in [1.29, 1.82) is 0 Å². The molecule has 0 unspecified atom stereocenters. The van der Waals surface area contributed by atoms with E-state index in [-0.39, 0.29) is 0 Å². The normalized spacial score (nSPS) is 11.2. The van der Waals surface area contributed by atoms with Gasteiger partial charge in [-0.2, -0.15) is 0 Å². The first-order valence-corrected chi connectivity index (χ1v) is 13.8. The average molecular weight is 417 g/mol. The van der Waals surface area contributed by atoms with Crippen molar-refractivity contribution in [3.8, 4) is 0 Å². The van der Waals surface area contributed by atoms with Crippen LogP contribution in [0.1, 0.15) is 0 Å². The third-order valence-electron chi connectivity index (χ3n) is 0. The molecule has 0 nitrogen and oxygen atoms in total. The van der Waals surface area contributed by atoms with Crippen molar-refractivity contribution in [2.24, 2.45) is 0 Å². The third-order valence-corrected chi connectivity index (χ3v) is 0. The van der Waals surface area contributed by atoms with Gasteiger partial charge < -0.3 is 0 Å². The minimum atomic E-state index is -1.75. The van der Waals surface area contributed by atoms with Gasteiger partial charge in [0.2, 0.25) is 0 Å². The molecule has 0 spiro atoms. The van der Waals surface area contributed by atoms with Gasteiger partial charge in [-0.05, 0) is 0 Å². The summed E-state index contributed by atoms with van der Waals surface area (Å²) < 4.78 is 0. The molecule has 59 valence electrons. The molecule has 0 saturated carbocycles. The van der Waals surface area contributed by atoms with Crippen molar-refractivity contribution in [3.05, 3.63) is 0 Å². The van der Waals surface area contributed by atoms with Crippen LogP contribution in [0.4, 0.5) is 0 Å². The molecule has 0 aromatic rings. The van der Waals surface area contributed by atoms with E-state index in [2.05, 4.69) is 0 Å². The molecular weight excluding hydrogens is 417 g/mol. The van der Waals surface area contributed by atoms with Gasteiger partial charge in [-0.3, -0.25) is 0 Å². The second-order valence-electron chi connectivity index (χ2n) is 0.294. The topological polar surface area (TPSA) is 0 Å². The van der Waals surface area contributed by atoms with E-state index in [1.165, 1.54) is 0 Å². The van der Waals surface area contributed by atoms with Gasteiger partial charge in [0.15, 0.2) is 0 Å². The van der Waals surface area contributed by atoms with Crippen molar-refractivity contribution >= 4 is 58.1 Å². The summed E-state index contributed by atoms with van der Waals surface area (Å²) in [6.45, 7) is 0. The van der Waals surface area contributed by atoms with Crippen LogP contribution in [0.2, 0.25) is 0 Å². The van der Waals surface area contributed by atoms with Gasteiger partial charge in [-0.1, -0.05) is 0 Å². The van der Waals surface area contributed by atoms with Crippen LogP contribution in [0.5, 0.6) is 0 Å². The zero-order valence-electron chi connectivity index (χ0n) is 2.95. The molecule has 0 amide bonds. The molecule has 8 heteroatoms. The van der Waals surface area contributed by atoms with Crippen LogP contribution >= 0.6 is 58.1 Å². The summed E-state index contributed by atoms with van der Waals surface area (Å²) in [5.41, 5.74) is 0. The van der Waals surface area contributed by atoms with Gasteiger partial charge in [0.05, 0.1) is 0 Å². The van der Waals surface area contributed by atoms with Gasteiger partial charge in [-0.15, -0.1) is 0 Å². The standard InChI is InChI=1S/6ClH.Rh.Ru/h6*1H;;/q;;;;;;2*+3/p-6. The Morgan fingerprint density at radius 2 is 0.875 bits per heavy atom. The van der Waals surface area contributed by atoms with Gasteiger partial charge in [-0.25, -0.2) is 0 Å². The second-order valence-corrected chi connectivity index (χ2v) is 15.7. The van der Waals surface area contributed by atoms with Crippen LogP contribution in [0.3, 0.4) is 0 Å². The summed E-state index contributed by atoms with van der Waals surface area (Å²) >= 11 is -3.41. The first-order chi connectivity index (χ1) is 3.46. The van der Waals surface area contributed by atoms with Crippen LogP contribution in [-0.4, -0.2) is 0 Å². The Hall–Kier alpha value is 2.99. The molecule has 0 N–H and O–H groups in total. The maximum absolute atomic E-state index is 4.95. The van der Waals surface area contributed by atoms with E-state index in [1.54, 1.807) is 0 Å². The summed E-state index contributed by atoms with van der Waals surface area (Å²) in [5.74, 6) is 0. The van der Waals surface area contributed by atoms with Crippen LogP contribution in [0.25, 0.3) is 0 Å². The quantitative estimate of drug-likeness (QED) is 0.521. The zero-order chi connectivity index (χ0) is 7.15. The molecule has 0 aliphatic heterocycles. The molecule has 0 aromatic heterocycles. The molecule has 0 saturated heterocycles. The predicted octanol–water partition coefficient (Wildman–Crippen LogP) is 4.13. The zero-order valence-corrected chi connectivity index (χ0v) is 10.9. The predicted molar refractivity (Wildman–Crippen MR) is 35.1 cm³/mol. The van der Waals surface area contributed by atoms with Gasteiger partial charge in [0.1, 0.15) is 0 Å². The third kappa shape index (κ3) is 64.3. The van der Waals surface area contributed by atoms with Gasteiger partial charge in [0, 0.05) is 0 Å². The number of halogens is 6. The fraction of sp³-hybridized carbons (Fsp3) is 0.